The molecule has 2 N–H and O–H groups in total. The summed E-state index contributed by atoms with van der Waals surface area (Å²) in [7, 11) is 0. The number of aromatic nitrogens is 2. The SMILES string of the molecule is Cc1ccnc(-c2cc(/C=C/c3ccc(F)cc3)cc[n+]2CCN)c1. The number of hydrogen-bond donors (Lipinski definition) is 1. The summed E-state index contributed by atoms with van der Waals surface area (Å²) in [5.74, 6) is -0.229. The molecule has 0 aliphatic carbocycles. The summed E-state index contributed by atoms with van der Waals surface area (Å²) >= 11 is 0. The van der Waals surface area contributed by atoms with Crippen LogP contribution >= 0.6 is 0 Å². The van der Waals surface area contributed by atoms with Crippen LogP contribution in [0.2, 0.25) is 0 Å². The zero-order valence-electron chi connectivity index (χ0n) is 14.2. The lowest BCUT2D eigenvalue weighted by Crippen LogP contribution is -2.39. The molecule has 126 valence electrons. The van der Waals surface area contributed by atoms with E-state index in [0.29, 0.717) is 6.54 Å². The first-order valence-electron chi connectivity index (χ1n) is 8.26. The highest BCUT2D eigenvalue weighted by Gasteiger charge is 2.14. The number of nitrogens with two attached hydrogens (primary N) is 1. The summed E-state index contributed by atoms with van der Waals surface area (Å²) < 4.78 is 15.1. The minimum Gasteiger partial charge on any atom is -0.325 e. The van der Waals surface area contributed by atoms with Crippen molar-refractivity contribution in [2.24, 2.45) is 5.73 Å². The van der Waals surface area contributed by atoms with Crippen molar-refractivity contribution >= 4 is 12.2 Å². The molecule has 0 amide bonds. The molecule has 1 aromatic carbocycles. The summed E-state index contributed by atoms with van der Waals surface area (Å²) in [5, 5.41) is 0. The van der Waals surface area contributed by atoms with Crippen LogP contribution in [0, 0.1) is 12.7 Å². The van der Waals surface area contributed by atoms with Gasteiger partial charge in [0, 0.05) is 18.3 Å². The molecular weight excluding hydrogens is 313 g/mol. The molecule has 0 aliphatic rings. The summed E-state index contributed by atoms with van der Waals surface area (Å²) in [5.41, 5.74) is 10.9. The molecule has 2 heterocycles. The van der Waals surface area contributed by atoms with Gasteiger partial charge in [-0.1, -0.05) is 24.3 Å². The highest BCUT2D eigenvalue weighted by Crippen LogP contribution is 2.17. The third kappa shape index (κ3) is 4.37. The van der Waals surface area contributed by atoms with Crippen LogP contribution < -0.4 is 10.3 Å². The Hall–Kier alpha value is -2.85. The third-order valence-electron chi connectivity index (χ3n) is 3.95. The molecule has 3 aromatic rings. The Labute approximate surface area is 147 Å². The predicted molar refractivity (Wildman–Crippen MR) is 99.0 cm³/mol. The van der Waals surface area contributed by atoms with Crippen LogP contribution in [-0.4, -0.2) is 11.5 Å². The zero-order valence-corrected chi connectivity index (χ0v) is 14.2. The smallest absolute Gasteiger partial charge is 0.231 e. The molecule has 0 saturated carbocycles. The summed E-state index contributed by atoms with van der Waals surface area (Å²) in [6, 6.07) is 14.6. The molecule has 3 nitrogen and oxygen atoms in total. The van der Waals surface area contributed by atoms with E-state index < -0.39 is 0 Å². The minimum atomic E-state index is -0.229. The van der Waals surface area contributed by atoms with Crippen molar-refractivity contribution in [3.8, 4) is 11.4 Å². The van der Waals surface area contributed by atoms with E-state index in [-0.39, 0.29) is 5.82 Å². The molecule has 0 fully saturated rings. The quantitative estimate of drug-likeness (QED) is 0.724. The monoisotopic (exact) mass is 334 g/mol. The molecule has 25 heavy (non-hydrogen) atoms. The Morgan fingerprint density at radius 3 is 2.52 bits per heavy atom. The molecule has 0 aliphatic heterocycles. The third-order valence-corrected chi connectivity index (χ3v) is 3.95. The minimum absolute atomic E-state index is 0.229. The lowest BCUT2D eigenvalue weighted by molar-refractivity contribution is -0.683. The van der Waals surface area contributed by atoms with Crippen LogP contribution in [0.3, 0.4) is 0 Å². The normalized spacial score (nSPS) is 11.2. The van der Waals surface area contributed by atoms with Crippen molar-refractivity contribution in [3.63, 3.8) is 0 Å². The van der Waals surface area contributed by atoms with E-state index in [4.69, 9.17) is 5.73 Å². The second-order valence-corrected chi connectivity index (χ2v) is 5.93. The maximum Gasteiger partial charge on any atom is 0.231 e. The van der Waals surface area contributed by atoms with Crippen molar-refractivity contribution in [1.29, 1.82) is 0 Å². The highest BCUT2D eigenvalue weighted by molar-refractivity contribution is 5.71. The predicted octanol–water partition coefficient (Wildman–Crippen LogP) is 3.61. The fourth-order valence-corrected chi connectivity index (χ4v) is 2.65. The van der Waals surface area contributed by atoms with Gasteiger partial charge >= 0.3 is 0 Å². The van der Waals surface area contributed by atoms with Gasteiger partial charge in [-0.2, -0.15) is 4.57 Å². The first-order valence-corrected chi connectivity index (χ1v) is 8.26. The van der Waals surface area contributed by atoms with Crippen molar-refractivity contribution in [2.45, 2.75) is 13.5 Å². The summed E-state index contributed by atoms with van der Waals surface area (Å²) in [6.07, 6.45) is 7.82. The van der Waals surface area contributed by atoms with E-state index in [9.17, 15) is 4.39 Å². The first kappa shape index (κ1) is 17.0. The molecule has 2 aromatic heterocycles. The van der Waals surface area contributed by atoms with Crippen molar-refractivity contribution in [2.75, 3.05) is 6.54 Å². The Kier molecular flexibility index (Phi) is 5.31. The largest absolute Gasteiger partial charge is 0.325 e. The van der Waals surface area contributed by atoms with Crippen molar-refractivity contribution in [3.05, 3.63) is 83.4 Å². The van der Waals surface area contributed by atoms with E-state index in [1.807, 2.05) is 36.7 Å². The van der Waals surface area contributed by atoms with Gasteiger partial charge in [0.2, 0.25) is 5.69 Å². The Bertz CT molecular complexity index is 886. The Balaban J connectivity index is 1.96. The molecule has 0 atom stereocenters. The second kappa shape index (κ2) is 7.81. The standard InChI is InChI=1S/C21H21FN3/c1-16-8-11-24-20(14-16)21-15-18(9-12-25(21)13-10-23)3-2-17-4-6-19(22)7-5-17/h2-9,11-12,14-15H,10,13,23H2,1H3/q+1/b3-2+. The van der Waals surface area contributed by atoms with Crippen LogP contribution in [0.25, 0.3) is 23.5 Å². The van der Waals surface area contributed by atoms with Gasteiger partial charge in [0.15, 0.2) is 12.7 Å². The number of pyridine rings is 2. The number of nitrogens with zero attached hydrogens (tertiary/aromatic N) is 2. The van der Waals surface area contributed by atoms with Gasteiger partial charge in [0.1, 0.15) is 11.5 Å². The van der Waals surface area contributed by atoms with Crippen molar-refractivity contribution < 1.29 is 8.96 Å². The summed E-state index contributed by atoms with van der Waals surface area (Å²) in [6.45, 7) is 3.35. The molecule has 0 radical (unpaired) electrons. The van der Waals surface area contributed by atoms with Gasteiger partial charge in [0.05, 0.1) is 6.54 Å². The number of benzene rings is 1. The van der Waals surface area contributed by atoms with Crippen LogP contribution in [0.4, 0.5) is 4.39 Å². The van der Waals surface area contributed by atoms with Crippen LogP contribution in [-0.2, 0) is 6.54 Å². The van der Waals surface area contributed by atoms with Crippen LogP contribution in [0.5, 0.6) is 0 Å². The topological polar surface area (TPSA) is 42.8 Å². The fourth-order valence-electron chi connectivity index (χ4n) is 2.65. The first-order chi connectivity index (χ1) is 12.2. The lowest BCUT2D eigenvalue weighted by atomic mass is 10.1. The lowest BCUT2D eigenvalue weighted by Gasteiger charge is -2.05. The van der Waals surface area contributed by atoms with Gasteiger partial charge in [-0.15, -0.1) is 0 Å². The van der Waals surface area contributed by atoms with Gasteiger partial charge in [0.25, 0.3) is 0 Å². The molecule has 3 rings (SSSR count). The summed E-state index contributed by atoms with van der Waals surface area (Å²) in [4.78, 5) is 4.49. The van der Waals surface area contributed by atoms with E-state index in [1.54, 1.807) is 12.1 Å². The number of rotatable bonds is 5. The van der Waals surface area contributed by atoms with E-state index in [1.165, 1.54) is 12.1 Å². The molecule has 0 spiro atoms. The van der Waals surface area contributed by atoms with Crippen LogP contribution in [0.15, 0.2) is 60.9 Å². The number of aryl methyl sites for hydroxylation is 1. The fraction of sp³-hybridized carbons (Fsp3) is 0.143. The van der Waals surface area contributed by atoms with E-state index >= 15 is 0 Å². The van der Waals surface area contributed by atoms with Crippen LogP contribution in [0.1, 0.15) is 16.7 Å². The van der Waals surface area contributed by atoms with E-state index in [0.717, 1.165) is 34.6 Å². The average molecular weight is 334 g/mol. The molecule has 0 unspecified atom stereocenters. The number of halogens is 1. The molecule has 0 saturated heterocycles. The van der Waals surface area contributed by atoms with Crippen molar-refractivity contribution in [1.82, 2.24) is 4.98 Å². The highest BCUT2D eigenvalue weighted by atomic mass is 19.1. The molecule has 0 bridgehead atoms. The number of hydrogen-bond acceptors (Lipinski definition) is 2. The van der Waals surface area contributed by atoms with Gasteiger partial charge < -0.3 is 5.73 Å². The average Bonchev–Trinajstić information content (AvgIpc) is 2.62. The maximum atomic E-state index is 13.0. The van der Waals surface area contributed by atoms with E-state index in [2.05, 4.69) is 28.6 Å². The maximum absolute atomic E-state index is 13.0. The molecular formula is C21H21FN3+. The molecule has 4 heteroatoms. The zero-order chi connectivity index (χ0) is 17.6. The van der Waals surface area contributed by atoms with Gasteiger partial charge in [-0.25, -0.2) is 9.37 Å². The van der Waals surface area contributed by atoms with Gasteiger partial charge in [-0.3, -0.25) is 0 Å². The second-order valence-electron chi connectivity index (χ2n) is 5.93. The Morgan fingerprint density at radius 2 is 1.80 bits per heavy atom. The van der Waals surface area contributed by atoms with Gasteiger partial charge in [-0.05, 0) is 47.9 Å². The Morgan fingerprint density at radius 1 is 1.04 bits per heavy atom.